The summed E-state index contributed by atoms with van der Waals surface area (Å²) < 4.78 is 51.8. The summed E-state index contributed by atoms with van der Waals surface area (Å²) in [4.78, 5) is 38.5. The molecule has 1 aromatic heterocycles. The van der Waals surface area contributed by atoms with E-state index >= 15 is 4.39 Å². The molecule has 0 amide bonds. The fourth-order valence-corrected chi connectivity index (χ4v) is 5.96. The van der Waals surface area contributed by atoms with Gasteiger partial charge in [0.1, 0.15) is 6.10 Å². The molecule has 2 fully saturated rings. The number of H-pyrrole nitrogens is 1. The Hall–Kier alpha value is -2.18. The van der Waals surface area contributed by atoms with Gasteiger partial charge in [0.25, 0.3) is 5.56 Å². The molecule has 0 spiro atoms. The van der Waals surface area contributed by atoms with E-state index in [4.69, 9.17) is 29.9 Å². The molecule has 0 saturated carbocycles. The average Bonchev–Trinajstić information content (AvgIpc) is 3.03. The summed E-state index contributed by atoms with van der Waals surface area (Å²) in [7, 11) is -4.23. The topological polar surface area (TPSA) is 146 Å². The van der Waals surface area contributed by atoms with Crippen LogP contribution >= 0.6 is 19.4 Å². The highest BCUT2D eigenvalue weighted by Crippen LogP contribution is 2.58. The minimum absolute atomic E-state index is 0.00830. The molecule has 4 rings (SSSR count). The Balaban J connectivity index is 1.60. The van der Waals surface area contributed by atoms with Crippen molar-refractivity contribution in [3.05, 3.63) is 68.0 Å². The van der Waals surface area contributed by atoms with Gasteiger partial charge >= 0.3 is 13.5 Å². The van der Waals surface area contributed by atoms with E-state index in [1.165, 1.54) is 6.92 Å². The Morgan fingerprint density at radius 1 is 1.39 bits per heavy atom. The lowest BCUT2D eigenvalue weighted by molar-refractivity contribution is -0.158. The molecule has 2 aliphatic rings. The summed E-state index contributed by atoms with van der Waals surface area (Å²) in [5.74, 6) is -0.929. The van der Waals surface area contributed by atoms with Gasteiger partial charge in [-0.3, -0.25) is 32.7 Å². The number of ketones is 1. The largest absolute Gasteiger partial charge is 0.475 e. The van der Waals surface area contributed by atoms with E-state index in [2.05, 4.69) is 0 Å². The molecule has 0 unspecified atom stereocenters. The van der Waals surface area contributed by atoms with E-state index < -0.39 is 61.2 Å². The number of benzene rings is 1. The first-order valence-electron chi connectivity index (χ1n) is 11.2. The number of nitrogens with one attached hydrogen (secondary N) is 1. The minimum atomic E-state index is -4.23. The van der Waals surface area contributed by atoms with Crippen molar-refractivity contribution in [1.82, 2.24) is 9.55 Å². The summed E-state index contributed by atoms with van der Waals surface area (Å²) in [5.41, 5.74) is -6.74. The number of carbonyl (C=O) groups is 1. The van der Waals surface area contributed by atoms with Gasteiger partial charge in [0, 0.05) is 30.1 Å². The van der Waals surface area contributed by atoms with Crippen LogP contribution < -0.4 is 11.2 Å². The SMILES string of the molecule is CCC(=O)[C@@]1(O)[C@@H](CO[P@@]2(=O)OCC[C@@H](c3cccc(Cl)c3)O2)O[C@@H](n2ccc(=O)[nH]c2=O)[C@@]1(C)F. The highest BCUT2D eigenvalue weighted by atomic mass is 35.5. The summed E-state index contributed by atoms with van der Waals surface area (Å²) in [5, 5.41) is 11.7. The van der Waals surface area contributed by atoms with E-state index in [1.54, 1.807) is 24.3 Å². The zero-order chi connectivity index (χ0) is 26.3. The molecule has 1 aromatic carbocycles. The molecule has 0 radical (unpaired) electrons. The second-order valence-electron chi connectivity index (χ2n) is 8.63. The van der Waals surface area contributed by atoms with Crippen molar-refractivity contribution in [2.75, 3.05) is 13.2 Å². The molecule has 2 N–H and O–H groups in total. The Labute approximate surface area is 209 Å². The van der Waals surface area contributed by atoms with Crippen molar-refractivity contribution < 1.29 is 37.2 Å². The van der Waals surface area contributed by atoms with Gasteiger partial charge in [0.2, 0.25) is 0 Å². The van der Waals surface area contributed by atoms with Gasteiger partial charge in [0.05, 0.1) is 19.3 Å². The fraction of sp³-hybridized carbons (Fsp3) is 0.500. The third-order valence-corrected chi connectivity index (χ3v) is 8.02. The number of phosphoric acid groups is 1. The number of phosphoric ester groups is 1. The van der Waals surface area contributed by atoms with Crippen LogP contribution in [0.4, 0.5) is 4.39 Å². The van der Waals surface area contributed by atoms with Crippen molar-refractivity contribution in [3.63, 3.8) is 0 Å². The number of aromatic amines is 1. The fourth-order valence-electron chi connectivity index (χ4n) is 4.38. The molecule has 2 saturated heterocycles. The third kappa shape index (κ3) is 4.74. The van der Waals surface area contributed by atoms with Gasteiger partial charge in [-0.05, 0) is 24.6 Å². The van der Waals surface area contributed by atoms with E-state index in [0.717, 1.165) is 19.2 Å². The van der Waals surface area contributed by atoms with Crippen LogP contribution in [0.25, 0.3) is 0 Å². The molecular formula is C22H25ClFN2O9P. The van der Waals surface area contributed by atoms with Crippen LogP contribution in [0.15, 0.2) is 46.1 Å². The number of hydrogen-bond acceptors (Lipinski definition) is 9. The zero-order valence-electron chi connectivity index (χ0n) is 19.4. The smallest absolute Gasteiger partial charge is 0.376 e. The summed E-state index contributed by atoms with van der Waals surface area (Å²) in [6, 6.07) is 7.70. The van der Waals surface area contributed by atoms with Crippen molar-refractivity contribution in [1.29, 1.82) is 0 Å². The third-order valence-electron chi connectivity index (χ3n) is 6.31. The van der Waals surface area contributed by atoms with Crippen LogP contribution in [0.1, 0.15) is 44.6 Å². The van der Waals surface area contributed by atoms with Crippen LogP contribution in [-0.2, 0) is 27.7 Å². The molecule has 6 atom stereocenters. The van der Waals surface area contributed by atoms with Gasteiger partial charge in [0.15, 0.2) is 23.3 Å². The van der Waals surface area contributed by atoms with Crippen LogP contribution in [0.5, 0.6) is 0 Å². The van der Waals surface area contributed by atoms with E-state index in [-0.39, 0.29) is 13.0 Å². The molecule has 196 valence electrons. The first kappa shape index (κ1) is 26.9. The molecule has 3 heterocycles. The van der Waals surface area contributed by atoms with Crippen molar-refractivity contribution in [3.8, 4) is 0 Å². The quantitative estimate of drug-likeness (QED) is 0.500. The molecule has 0 bridgehead atoms. The summed E-state index contributed by atoms with van der Waals surface area (Å²) >= 11 is 6.03. The normalized spacial score (nSPS) is 34.5. The molecule has 36 heavy (non-hydrogen) atoms. The van der Waals surface area contributed by atoms with E-state index in [9.17, 15) is 24.1 Å². The Bertz CT molecular complexity index is 1310. The number of aromatic nitrogens is 2. The number of nitrogens with zero attached hydrogens (tertiary/aromatic N) is 1. The zero-order valence-corrected chi connectivity index (χ0v) is 21.0. The highest BCUT2D eigenvalue weighted by molar-refractivity contribution is 7.48. The van der Waals surface area contributed by atoms with Gasteiger partial charge < -0.3 is 9.84 Å². The summed E-state index contributed by atoms with van der Waals surface area (Å²) in [6.07, 6.45) is -3.13. The van der Waals surface area contributed by atoms with Gasteiger partial charge in [-0.1, -0.05) is 30.7 Å². The number of rotatable bonds is 7. The van der Waals surface area contributed by atoms with Gasteiger partial charge in [-0.2, -0.15) is 0 Å². The second-order valence-corrected chi connectivity index (χ2v) is 10.7. The number of carbonyl (C=O) groups excluding carboxylic acids is 1. The Morgan fingerprint density at radius 3 is 2.81 bits per heavy atom. The standard InChI is InChI=1S/C22H25ClFN2O9P/c1-3-16(27)22(30)17(34-19(21(22,2)24)26-9-7-18(28)25-20(26)29)12-33-36(31)32-10-8-15(35-36)13-5-4-6-14(23)11-13/h4-7,9,11,15,17,19,30H,3,8,10,12H2,1-2H3,(H,25,28,29)/t15-,17+,19+,21+,22+,36+/m0/s1. The van der Waals surface area contributed by atoms with Crippen LogP contribution in [0, 0.1) is 0 Å². The number of alkyl halides is 1. The lowest BCUT2D eigenvalue weighted by Gasteiger charge is -2.35. The van der Waals surface area contributed by atoms with E-state index in [0.29, 0.717) is 21.6 Å². The summed E-state index contributed by atoms with van der Waals surface area (Å²) in [6.45, 7) is 1.55. The monoisotopic (exact) mass is 546 g/mol. The molecule has 2 aromatic rings. The molecule has 0 aliphatic carbocycles. The maximum absolute atomic E-state index is 16.1. The number of aliphatic hydroxyl groups is 1. The maximum atomic E-state index is 16.1. The Kier molecular flexibility index (Phi) is 7.42. The first-order valence-corrected chi connectivity index (χ1v) is 13.0. The van der Waals surface area contributed by atoms with E-state index in [1.807, 2.05) is 4.98 Å². The van der Waals surface area contributed by atoms with Gasteiger partial charge in [-0.25, -0.2) is 13.8 Å². The maximum Gasteiger partial charge on any atom is 0.475 e. The van der Waals surface area contributed by atoms with Crippen LogP contribution in [0.2, 0.25) is 5.02 Å². The Morgan fingerprint density at radius 2 is 2.14 bits per heavy atom. The number of halogens is 2. The molecule has 11 nitrogen and oxygen atoms in total. The molecular weight excluding hydrogens is 522 g/mol. The number of hydrogen-bond donors (Lipinski definition) is 2. The minimum Gasteiger partial charge on any atom is -0.376 e. The average molecular weight is 547 g/mol. The molecule has 14 heteroatoms. The second kappa shape index (κ2) is 9.94. The lowest BCUT2D eigenvalue weighted by atomic mass is 9.78. The predicted molar refractivity (Wildman–Crippen MR) is 124 cm³/mol. The molecule has 2 aliphatic heterocycles. The van der Waals surface area contributed by atoms with Crippen molar-refractivity contribution in [2.24, 2.45) is 0 Å². The van der Waals surface area contributed by atoms with Crippen LogP contribution in [-0.4, -0.2) is 51.0 Å². The highest BCUT2D eigenvalue weighted by Gasteiger charge is 2.69. The van der Waals surface area contributed by atoms with Crippen molar-refractivity contribution in [2.45, 2.75) is 56.4 Å². The predicted octanol–water partition coefficient (Wildman–Crippen LogP) is 2.83. The first-order chi connectivity index (χ1) is 16.9. The number of Topliss-reactive ketones (excluding diaryl/α,β-unsaturated/α-hetero) is 1. The number of ether oxygens (including phenoxy) is 1. The van der Waals surface area contributed by atoms with Crippen LogP contribution in [0.3, 0.4) is 0 Å². The lowest BCUT2D eigenvalue weighted by Crippen LogP contribution is -2.60. The van der Waals surface area contributed by atoms with Gasteiger partial charge in [-0.15, -0.1) is 0 Å². The van der Waals surface area contributed by atoms with Crippen molar-refractivity contribution >= 4 is 25.2 Å².